The van der Waals surface area contributed by atoms with Crippen molar-refractivity contribution in [3.8, 4) is 0 Å². The second-order valence-corrected chi connectivity index (χ2v) is 0. The van der Waals surface area contributed by atoms with Gasteiger partial charge < -0.3 is 2.85 Å². The van der Waals surface area contributed by atoms with E-state index in [0.717, 1.165) is 0 Å². The maximum atomic E-state index is 0. The molecule has 0 amide bonds. The summed E-state index contributed by atoms with van der Waals surface area (Å²) in [5, 5.41) is 0. The van der Waals surface area contributed by atoms with Gasteiger partial charge in [-0.2, -0.15) is 0 Å². The molecule has 0 aromatic rings. The Hall–Kier alpha value is 4.02. The molecule has 0 aliphatic carbocycles. The first-order valence-electron chi connectivity index (χ1n) is 0. The Bertz CT molecular complexity index is 13.5. The molecule has 0 atom stereocenters. The van der Waals surface area contributed by atoms with Gasteiger partial charge in [-0.25, -0.2) is 0 Å². The topological polar surface area (TPSA) is 0 Å². The fourth-order valence-electron chi connectivity index (χ4n) is 0. The van der Waals surface area contributed by atoms with Crippen molar-refractivity contribution in [2.24, 2.45) is 0 Å². The Labute approximate surface area is 124 Å². The number of hydrogen-bond donors (Lipinski definition) is 0. The fourth-order valence-corrected chi connectivity index (χ4v) is 0. The van der Waals surface area contributed by atoms with E-state index in [9.17, 15) is 0 Å². The van der Waals surface area contributed by atoms with Crippen molar-refractivity contribution in [2.45, 2.75) is 0 Å². The van der Waals surface area contributed by atoms with Gasteiger partial charge in [0.05, 0.1) is 0 Å². The third kappa shape index (κ3) is 9.39. The van der Waals surface area contributed by atoms with Gasteiger partial charge in [0.1, 0.15) is 0 Å². The maximum Gasteiger partial charge on any atom is -1.00 e. The van der Waals surface area contributed by atoms with Crippen LogP contribution in [-0.2, 0) is 0 Å². The molecular formula is H9CaEuGaGe. The number of rotatable bonds is 0. The smallest absolute Gasteiger partial charge is 1.00 e. The van der Waals surface area contributed by atoms with E-state index in [1.54, 1.807) is 0 Å². The van der Waals surface area contributed by atoms with Crippen molar-refractivity contribution in [3.63, 3.8) is 0 Å². The van der Waals surface area contributed by atoms with Gasteiger partial charge >= 0.3 is 75.1 Å². The zero-order valence-corrected chi connectivity index (χ0v) is 5.72. The Morgan fingerprint density at radius 2 is 1.25 bits per heavy atom. The van der Waals surface area contributed by atoms with Crippen LogP contribution in [0, 0.1) is 49.4 Å². The molecule has 0 aromatic carbocycles. The van der Waals surface area contributed by atoms with Crippen molar-refractivity contribution in [2.75, 3.05) is 0 Å². The van der Waals surface area contributed by atoms with E-state index in [4.69, 9.17) is 0 Å². The minimum absolute atomic E-state index is 0. The summed E-state index contributed by atoms with van der Waals surface area (Å²) >= 11 is 0. The van der Waals surface area contributed by atoms with Crippen molar-refractivity contribution in [3.05, 3.63) is 0 Å². The van der Waals surface area contributed by atoms with E-state index >= 15 is 0 Å². The maximum absolute atomic E-state index is 0. The second kappa shape index (κ2) is 15.7. The SMILES string of the molecule is [Ca+2].[Eu].[GaH3].[GeH4].[H-].[H-]. The van der Waals surface area contributed by atoms with Gasteiger partial charge in [0.2, 0.25) is 0 Å². The first-order chi connectivity index (χ1) is 0. The molecular weight excluding hydrogens is 334 g/mol. The Kier molecular flexibility index (Phi) is 96.2. The predicted molar refractivity (Wildman–Crippen MR) is 29.3 cm³/mol. The van der Waals surface area contributed by atoms with Crippen LogP contribution < -0.4 is 0 Å². The van der Waals surface area contributed by atoms with Crippen molar-refractivity contribution < 1.29 is 52.2 Å². The van der Waals surface area contributed by atoms with Crippen molar-refractivity contribution in [1.29, 1.82) is 0 Å². The average Bonchev–Trinajstić information content (AvgIpc) is 0. The minimum Gasteiger partial charge on any atom is -1.00 e. The summed E-state index contributed by atoms with van der Waals surface area (Å²) in [5.41, 5.74) is 0. The van der Waals surface area contributed by atoms with Crippen molar-refractivity contribution in [1.82, 2.24) is 0 Å². The van der Waals surface area contributed by atoms with Gasteiger partial charge in [0.15, 0.2) is 0 Å². The van der Waals surface area contributed by atoms with E-state index in [2.05, 4.69) is 0 Å². The molecule has 0 nitrogen and oxygen atoms in total. The van der Waals surface area contributed by atoms with E-state index in [1.165, 1.54) is 0 Å². The van der Waals surface area contributed by atoms with Crippen LogP contribution >= 0.6 is 0 Å². The van der Waals surface area contributed by atoms with Crippen LogP contribution in [0.2, 0.25) is 0 Å². The summed E-state index contributed by atoms with van der Waals surface area (Å²) in [7, 11) is 0. The molecule has 0 bridgehead atoms. The molecule has 0 saturated carbocycles. The first kappa shape index (κ1) is 24.4. The normalized spacial score (nSPS) is 0. The minimum atomic E-state index is 0. The molecule has 4 heteroatoms. The third-order valence-corrected chi connectivity index (χ3v) is 0. The van der Waals surface area contributed by atoms with E-state index in [-0.39, 0.29) is 127 Å². The first-order valence-corrected chi connectivity index (χ1v) is 0. The summed E-state index contributed by atoms with van der Waals surface area (Å²) in [6.07, 6.45) is 0. The zero-order valence-electron chi connectivity index (χ0n) is 3.09. The Morgan fingerprint density at radius 1 is 1.25 bits per heavy atom. The number of hydrogen-bond acceptors (Lipinski definition) is 0. The van der Waals surface area contributed by atoms with Crippen LogP contribution in [0.15, 0.2) is 0 Å². The van der Waals surface area contributed by atoms with Crippen molar-refractivity contribution >= 4 is 75.1 Å². The van der Waals surface area contributed by atoms with Crippen LogP contribution in [0.25, 0.3) is 0 Å². The monoisotopic (exact) mass is 345 g/mol. The molecule has 0 aliphatic rings. The summed E-state index contributed by atoms with van der Waals surface area (Å²) in [6.45, 7) is 0. The van der Waals surface area contributed by atoms with E-state index in [1.807, 2.05) is 0 Å². The molecule has 4 heavy (non-hydrogen) atoms. The van der Waals surface area contributed by atoms with Crippen LogP contribution in [0.4, 0.5) is 0 Å². The molecule has 0 rings (SSSR count). The molecule has 25 valence electrons. The summed E-state index contributed by atoms with van der Waals surface area (Å²) < 4.78 is 0. The molecule has 0 aliphatic heterocycles. The molecule has 0 unspecified atom stereocenters. The van der Waals surface area contributed by atoms with Crippen LogP contribution in [0.3, 0.4) is 0 Å². The predicted octanol–water partition coefficient (Wildman–Crippen LogP) is -2.79. The van der Waals surface area contributed by atoms with Gasteiger partial charge in [-0.05, 0) is 0 Å². The summed E-state index contributed by atoms with van der Waals surface area (Å²) in [5.74, 6) is 0. The molecule has 0 fully saturated rings. The van der Waals surface area contributed by atoms with Crippen LogP contribution in [0.1, 0.15) is 2.85 Å². The van der Waals surface area contributed by atoms with Gasteiger partial charge in [0, 0.05) is 49.4 Å². The molecule has 1 radical (unpaired) electrons. The molecule has 0 saturated heterocycles. The standard InChI is InChI=1S/Ca.Eu.Ga.GeH4.5H/h;;;1H4;;;;;/q+2;;;;;;;2*-1. The zero-order chi connectivity index (χ0) is 0. The van der Waals surface area contributed by atoms with E-state index < -0.39 is 0 Å². The second-order valence-electron chi connectivity index (χ2n) is 0. The summed E-state index contributed by atoms with van der Waals surface area (Å²) in [6, 6.07) is 0. The molecule has 0 heterocycles. The third-order valence-electron chi connectivity index (χ3n) is 0. The van der Waals surface area contributed by atoms with Gasteiger partial charge in [-0.3, -0.25) is 0 Å². The molecule has 0 N–H and O–H groups in total. The molecule has 0 aromatic heterocycles. The van der Waals surface area contributed by atoms with Crippen LogP contribution in [-0.4, -0.2) is 75.1 Å². The average molecular weight is 343 g/mol. The van der Waals surface area contributed by atoms with Gasteiger partial charge in [-0.15, -0.1) is 0 Å². The van der Waals surface area contributed by atoms with Gasteiger partial charge in [-0.1, -0.05) is 0 Å². The Morgan fingerprint density at radius 3 is 1.25 bits per heavy atom. The molecule has 0 spiro atoms. The van der Waals surface area contributed by atoms with Gasteiger partial charge in [0.25, 0.3) is 0 Å². The quantitative estimate of drug-likeness (QED) is 0.417. The Balaban J connectivity index is 0. The van der Waals surface area contributed by atoms with Crippen LogP contribution in [0.5, 0.6) is 0 Å². The largest absolute Gasteiger partial charge is 1.00 e. The summed E-state index contributed by atoms with van der Waals surface area (Å²) in [4.78, 5) is 0. The van der Waals surface area contributed by atoms with E-state index in [0.29, 0.717) is 0 Å². The fraction of sp³-hybridized carbons (Fsp3) is 0.